The Morgan fingerprint density at radius 1 is 1.24 bits per heavy atom. The lowest BCUT2D eigenvalue weighted by atomic mass is 10.2. The van der Waals surface area contributed by atoms with E-state index in [0.29, 0.717) is 0 Å². The zero-order valence-electron chi connectivity index (χ0n) is 12.4. The lowest BCUT2D eigenvalue weighted by Crippen LogP contribution is -2.30. The van der Waals surface area contributed by atoms with Gasteiger partial charge in [-0.2, -0.15) is 4.37 Å². The molecule has 1 aliphatic rings. The van der Waals surface area contributed by atoms with Gasteiger partial charge in [0, 0.05) is 63.1 Å². The van der Waals surface area contributed by atoms with E-state index in [2.05, 4.69) is 37.1 Å². The minimum Gasteiger partial charge on any atom is -0.346 e. The summed E-state index contributed by atoms with van der Waals surface area (Å²) in [6.45, 7) is 7.38. The van der Waals surface area contributed by atoms with Gasteiger partial charge < -0.3 is 4.90 Å². The number of aryl methyl sites for hydroxylation is 1. The molecule has 1 aliphatic heterocycles. The maximum Gasteiger partial charge on any atom is 0.205 e. The van der Waals surface area contributed by atoms with E-state index in [0.717, 1.165) is 50.1 Å². The molecule has 0 N–H and O–H groups in total. The van der Waals surface area contributed by atoms with Crippen LogP contribution in [0.15, 0.2) is 24.5 Å². The molecule has 0 saturated carbocycles. The molecule has 0 aromatic carbocycles. The molecule has 21 heavy (non-hydrogen) atoms. The number of rotatable bonds is 4. The van der Waals surface area contributed by atoms with Crippen LogP contribution >= 0.6 is 11.5 Å². The van der Waals surface area contributed by atoms with Crippen molar-refractivity contribution >= 4 is 16.7 Å². The molecule has 3 heterocycles. The normalized spacial score (nSPS) is 16.9. The van der Waals surface area contributed by atoms with Crippen molar-refractivity contribution in [2.45, 2.75) is 26.3 Å². The van der Waals surface area contributed by atoms with Crippen LogP contribution in [0, 0.1) is 0 Å². The topological polar surface area (TPSA) is 45.2 Å². The van der Waals surface area contributed by atoms with Gasteiger partial charge in [-0.15, -0.1) is 0 Å². The summed E-state index contributed by atoms with van der Waals surface area (Å²) in [5.41, 5.74) is 1.29. The van der Waals surface area contributed by atoms with Gasteiger partial charge in [-0.3, -0.25) is 9.88 Å². The number of nitrogens with zero attached hydrogens (tertiary/aromatic N) is 5. The van der Waals surface area contributed by atoms with Gasteiger partial charge in [0.05, 0.1) is 0 Å². The molecular weight excluding hydrogens is 282 g/mol. The van der Waals surface area contributed by atoms with E-state index in [4.69, 9.17) is 0 Å². The predicted octanol–water partition coefficient (Wildman–Crippen LogP) is 2.21. The highest BCUT2D eigenvalue weighted by Gasteiger charge is 2.18. The monoisotopic (exact) mass is 303 g/mol. The van der Waals surface area contributed by atoms with E-state index in [1.165, 1.54) is 23.5 Å². The van der Waals surface area contributed by atoms with Crippen LogP contribution in [0.5, 0.6) is 0 Å². The molecule has 0 radical (unpaired) electrons. The summed E-state index contributed by atoms with van der Waals surface area (Å²) in [6.07, 6.45) is 5.87. The van der Waals surface area contributed by atoms with Crippen molar-refractivity contribution in [2.24, 2.45) is 0 Å². The highest BCUT2D eigenvalue weighted by atomic mass is 32.1. The first-order chi connectivity index (χ1) is 10.3. The Hall–Kier alpha value is -1.53. The van der Waals surface area contributed by atoms with Crippen molar-refractivity contribution in [3.8, 4) is 0 Å². The van der Waals surface area contributed by atoms with Crippen LogP contribution in [0.1, 0.15) is 24.7 Å². The van der Waals surface area contributed by atoms with Crippen molar-refractivity contribution in [3.05, 3.63) is 35.9 Å². The second-order valence-corrected chi connectivity index (χ2v) is 6.06. The van der Waals surface area contributed by atoms with E-state index in [1.807, 2.05) is 18.5 Å². The van der Waals surface area contributed by atoms with Crippen LogP contribution in [0.25, 0.3) is 0 Å². The first-order valence-electron chi connectivity index (χ1n) is 7.54. The van der Waals surface area contributed by atoms with Crippen molar-refractivity contribution in [2.75, 3.05) is 31.1 Å². The van der Waals surface area contributed by atoms with Gasteiger partial charge in [-0.25, -0.2) is 4.98 Å². The first-order valence-corrected chi connectivity index (χ1v) is 8.31. The largest absolute Gasteiger partial charge is 0.346 e. The summed E-state index contributed by atoms with van der Waals surface area (Å²) in [5, 5.41) is 1.08. The molecule has 0 aliphatic carbocycles. The molecule has 1 fully saturated rings. The van der Waals surface area contributed by atoms with Crippen molar-refractivity contribution < 1.29 is 0 Å². The lowest BCUT2D eigenvalue weighted by molar-refractivity contribution is 0.285. The fraction of sp³-hybridized carbons (Fsp3) is 0.533. The third-order valence-corrected chi connectivity index (χ3v) is 4.58. The Kier molecular flexibility index (Phi) is 4.77. The molecule has 0 bridgehead atoms. The highest BCUT2D eigenvalue weighted by Crippen LogP contribution is 2.19. The molecule has 112 valence electrons. The molecule has 0 spiro atoms. The summed E-state index contributed by atoms with van der Waals surface area (Å²) in [5.74, 6) is 0.964. The summed E-state index contributed by atoms with van der Waals surface area (Å²) in [4.78, 5) is 13.7. The molecule has 5 nitrogen and oxygen atoms in total. The van der Waals surface area contributed by atoms with Gasteiger partial charge in [0.25, 0.3) is 0 Å². The van der Waals surface area contributed by atoms with E-state index < -0.39 is 0 Å². The third kappa shape index (κ3) is 3.77. The molecule has 0 amide bonds. The molecule has 2 aromatic rings. The van der Waals surface area contributed by atoms with E-state index in [9.17, 15) is 0 Å². The van der Waals surface area contributed by atoms with Crippen LogP contribution in [0.4, 0.5) is 5.13 Å². The zero-order valence-corrected chi connectivity index (χ0v) is 13.2. The second-order valence-electron chi connectivity index (χ2n) is 5.32. The molecule has 2 aromatic heterocycles. The Bertz CT molecular complexity index is 556. The number of aromatic nitrogens is 3. The van der Waals surface area contributed by atoms with Gasteiger partial charge in [0.1, 0.15) is 5.82 Å². The van der Waals surface area contributed by atoms with Crippen molar-refractivity contribution in [3.63, 3.8) is 0 Å². The summed E-state index contributed by atoms with van der Waals surface area (Å²) in [6, 6.07) is 4.15. The SMILES string of the molecule is CCc1nsc(N2CCCN(Cc3cccnc3)CC2)n1. The standard InChI is InChI=1S/C15H21N5S/c1-2-14-17-15(21-18-14)20-8-4-7-19(9-10-20)12-13-5-3-6-16-11-13/h3,5-6,11H,2,4,7-10,12H2,1H3. The van der Waals surface area contributed by atoms with E-state index in [-0.39, 0.29) is 0 Å². The fourth-order valence-electron chi connectivity index (χ4n) is 2.59. The Labute approximate surface area is 129 Å². The van der Waals surface area contributed by atoms with Gasteiger partial charge >= 0.3 is 0 Å². The van der Waals surface area contributed by atoms with Gasteiger partial charge in [-0.05, 0) is 18.1 Å². The summed E-state index contributed by atoms with van der Waals surface area (Å²) >= 11 is 1.53. The quantitative estimate of drug-likeness (QED) is 0.866. The lowest BCUT2D eigenvalue weighted by Gasteiger charge is -2.21. The van der Waals surface area contributed by atoms with Crippen LogP contribution in [0.3, 0.4) is 0 Å². The predicted molar refractivity (Wildman–Crippen MR) is 85.6 cm³/mol. The molecule has 3 rings (SSSR count). The average Bonchev–Trinajstić information content (AvgIpc) is 2.89. The maximum absolute atomic E-state index is 4.61. The maximum atomic E-state index is 4.61. The molecule has 1 saturated heterocycles. The molecule has 0 unspecified atom stereocenters. The van der Waals surface area contributed by atoms with Crippen molar-refractivity contribution in [1.82, 2.24) is 19.2 Å². The van der Waals surface area contributed by atoms with Gasteiger partial charge in [-0.1, -0.05) is 13.0 Å². The minimum atomic E-state index is 0.914. The molecular formula is C15H21N5S. The van der Waals surface area contributed by atoms with Crippen LogP contribution in [-0.4, -0.2) is 45.4 Å². The zero-order chi connectivity index (χ0) is 14.5. The molecule has 0 atom stereocenters. The fourth-order valence-corrected chi connectivity index (χ4v) is 3.39. The highest BCUT2D eigenvalue weighted by molar-refractivity contribution is 7.09. The Balaban J connectivity index is 1.59. The van der Waals surface area contributed by atoms with Crippen LogP contribution < -0.4 is 4.90 Å². The van der Waals surface area contributed by atoms with Gasteiger partial charge in [0.15, 0.2) is 0 Å². The summed E-state index contributed by atoms with van der Waals surface area (Å²) in [7, 11) is 0. The van der Waals surface area contributed by atoms with Crippen LogP contribution in [0.2, 0.25) is 0 Å². The average molecular weight is 303 g/mol. The number of anilines is 1. The number of hydrogen-bond donors (Lipinski definition) is 0. The Morgan fingerprint density at radius 3 is 2.95 bits per heavy atom. The number of hydrogen-bond acceptors (Lipinski definition) is 6. The van der Waals surface area contributed by atoms with Crippen LogP contribution in [-0.2, 0) is 13.0 Å². The van der Waals surface area contributed by atoms with E-state index >= 15 is 0 Å². The van der Waals surface area contributed by atoms with Crippen molar-refractivity contribution in [1.29, 1.82) is 0 Å². The summed E-state index contributed by atoms with van der Waals surface area (Å²) < 4.78 is 4.39. The first kappa shape index (κ1) is 14.4. The van der Waals surface area contributed by atoms with Gasteiger partial charge in [0.2, 0.25) is 5.13 Å². The minimum absolute atomic E-state index is 0.914. The van der Waals surface area contributed by atoms with E-state index in [1.54, 1.807) is 0 Å². The number of pyridine rings is 1. The smallest absolute Gasteiger partial charge is 0.205 e. The Morgan fingerprint density at radius 2 is 2.19 bits per heavy atom. The molecule has 6 heteroatoms. The third-order valence-electron chi connectivity index (χ3n) is 3.76. The second kappa shape index (κ2) is 6.95.